The number of nitrogen functional groups attached to an aromatic ring is 1. The van der Waals surface area contributed by atoms with Crippen molar-refractivity contribution in [3.8, 4) is 0 Å². The molecular formula is C24H28N8O3. The van der Waals surface area contributed by atoms with Crippen LogP contribution in [0.1, 0.15) is 39.8 Å². The summed E-state index contributed by atoms with van der Waals surface area (Å²) in [5, 5.41) is 13.2. The molecule has 5 N–H and O–H groups in total. The molecular weight excluding hydrogens is 448 g/mol. The highest BCUT2D eigenvalue weighted by molar-refractivity contribution is 6.08. The molecule has 5 rings (SSSR count). The standard InChI is InChI=1S/C24H28N8O3/c1-14-8-11-31-19(14)24(35)32(16-6-4-3-5-7-16)22(29-31)15(2)28-21-18(20(25)26-13-27-21)23(34)30-10-9-17(33)12-30/h3-8,11,13,15,17,22,29,33H,9-10,12H2,1-2H3,(H3,25,26,27,28)/t15-,17+,22?/m1/s1. The first kappa shape index (κ1) is 22.7. The van der Waals surface area contributed by atoms with Gasteiger partial charge in [-0.3, -0.25) is 19.2 Å². The van der Waals surface area contributed by atoms with Crippen molar-refractivity contribution in [1.29, 1.82) is 0 Å². The average Bonchev–Trinajstić information content (AvgIpc) is 3.45. The number of aliphatic hydroxyl groups excluding tert-OH is 1. The Morgan fingerprint density at radius 1 is 1.26 bits per heavy atom. The van der Waals surface area contributed by atoms with E-state index in [9.17, 15) is 14.7 Å². The van der Waals surface area contributed by atoms with Gasteiger partial charge in [0, 0.05) is 25.0 Å². The second-order valence-corrected chi connectivity index (χ2v) is 8.91. The molecule has 0 radical (unpaired) electrons. The highest BCUT2D eigenvalue weighted by Gasteiger charge is 2.38. The van der Waals surface area contributed by atoms with Crippen molar-refractivity contribution in [2.75, 3.05) is 34.5 Å². The van der Waals surface area contributed by atoms with Crippen LogP contribution in [-0.4, -0.2) is 67.9 Å². The number of carbonyl (C=O) groups is 2. The van der Waals surface area contributed by atoms with Crippen LogP contribution in [0.3, 0.4) is 0 Å². The normalized spacial score (nSPS) is 20.4. The average molecular weight is 477 g/mol. The number of rotatable bonds is 5. The molecule has 4 heterocycles. The predicted molar refractivity (Wildman–Crippen MR) is 132 cm³/mol. The monoisotopic (exact) mass is 476 g/mol. The Morgan fingerprint density at radius 3 is 2.74 bits per heavy atom. The number of aryl methyl sites for hydroxylation is 1. The van der Waals surface area contributed by atoms with Crippen molar-refractivity contribution >= 4 is 29.1 Å². The summed E-state index contributed by atoms with van der Waals surface area (Å²) in [5.74, 6) is -0.156. The molecule has 0 saturated carbocycles. The number of hydrogen-bond donors (Lipinski definition) is 4. The van der Waals surface area contributed by atoms with E-state index in [2.05, 4.69) is 20.7 Å². The number of fused-ring (bicyclic) bond motifs is 1. The molecule has 0 spiro atoms. The van der Waals surface area contributed by atoms with Crippen LogP contribution in [0.2, 0.25) is 0 Å². The van der Waals surface area contributed by atoms with Gasteiger partial charge in [-0.15, -0.1) is 0 Å². The van der Waals surface area contributed by atoms with E-state index in [0.717, 1.165) is 11.3 Å². The number of para-hydroxylation sites is 1. The molecule has 1 fully saturated rings. The van der Waals surface area contributed by atoms with Crippen molar-refractivity contribution in [2.45, 2.75) is 38.6 Å². The van der Waals surface area contributed by atoms with E-state index >= 15 is 0 Å². The molecule has 182 valence electrons. The molecule has 0 bridgehead atoms. The molecule has 0 aliphatic carbocycles. The maximum absolute atomic E-state index is 13.6. The summed E-state index contributed by atoms with van der Waals surface area (Å²) in [6.07, 6.45) is 2.55. The fourth-order valence-electron chi connectivity index (χ4n) is 4.65. The molecule has 2 amide bonds. The topological polar surface area (TPSA) is 142 Å². The van der Waals surface area contributed by atoms with Crippen molar-refractivity contribution in [1.82, 2.24) is 19.5 Å². The molecule has 11 heteroatoms. The second-order valence-electron chi connectivity index (χ2n) is 8.91. The third-order valence-corrected chi connectivity index (χ3v) is 6.47. The zero-order valence-corrected chi connectivity index (χ0v) is 19.5. The van der Waals surface area contributed by atoms with Gasteiger partial charge in [0.15, 0.2) is 0 Å². The van der Waals surface area contributed by atoms with E-state index in [0.29, 0.717) is 18.7 Å². The molecule has 1 aromatic carbocycles. The van der Waals surface area contributed by atoms with E-state index in [1.807, 2.05) is 56.4 Å². The first-order valence-corrected chi connectivity index (χ1v) is 11.5. The van der Waals surface area contributed by atoms with Gasteiger partial charge in [0.1, 0.15) is 35.4 Å². The van der Waals surface area contributed by atoms with Crippen molar-refractivity contribution in [3.63, 3.8) is 0 Å². The molecule has 2 aliphatic rings. The van der Waals surface area contributed by atoms with Gasteiger partial charge in [0.25, 0.3) is 11.8 Å². The number of hydrogen-bond acceptors (Lipinski definition) is 8. The Bertz CT molecular complexity index is 1260. The van der Waals surface area contributed by atoms with Crippen LogP contribution < -0.4 is 21.4 Å². The summed E-state index contributed by atoms with van der Waals surface area (Å²) in [6.45, 7) is 4.46. The number of benzene rings is 1. The number of carbonyl (C=O) groups excluding carboxylic acids is 2. The minimum absolute atomic E-state index is 0.0528. The Hall–Kier alpha value is -4.12. The van der Waals surface area contributed by atoms with Crippen LogP contribution in [0.25, 0.3) is 0 Å². The summed E-state index contributed by atoms with van der Waals surface area (Å²) in [4.78, 5) is 38.4. The number of β-amino-alcohol motifs (C(OH)–C–C–N with tert-alkyl or cyclic N) is 1. The zero-order valence-electron chi connectivity index (χ0n) is 19.5. The predicted octanol–water partition coefficient (Wildman–Crippen LogP) is 1.41. The molecule has 1 saturated heterocycles. The van der Waals surface area contributed by atoms with E-state index in [4.69, 9.17) is 5.73 Å². The van der Waals surface area contributed by atoms with Crippen LogP contribution in [0.5, 0.6) is 0 Å². The van der Waals surface area contributed by atoms with Gasteiger partial charge in [-0.05, 0) is 44.0 Å². The molecule has 3 aromatic rings. The lowest BCUT2D eigenvalue weighted by Gasteiger charge is -2.41. The van der Waals surface area contributed by atoms with Crippen LogP contribution >= 0.6 is 0 Å². The smallest absolute Gasteiger partial charge is 0.278 e. The number of nitrogens with one attached hydrogen (secondary N) is 2. The number of nitrogens with zero attached hydrogens (tertiary/aromatic N) is 5. The molecule has 35 heavy (non-hydrogen) atoms. The lowest BCUT2D eigenvalue weighted by Crippen LogP contribution is -2.60. The van der Waals surface area contributed by atoms with Crippen LogP contribution in [0.15, 0.2) is 48.9 Å². The minimum atomic E-state index is -0.559. The molecule has 3 atom stereocenters. The Morgan fingerprint density at radius 2 is 2.03 bits per heavy atom. The molecule has 2 aromatic heterocycles. The van der Waals surface area contributed by atoms with Gasteiger partial charge in [-0.1, -0.05) is 18.2 Å². The highest BCUT2D eigenvalue weighted by atomic mass is 16.3. The van der Waals surface area contributed by atoms with Crippen molar-refractivity contribution in [3.05, 3.63) is 65.7 Å². The van der Waals surface area contributed by atoms with E-state index < -0.39 is 18.3 Å². The molecule has 2 aliphatic heterocycles. The summed E-state index contributed by atoms with van der Waals surface area (Å²) in [7, 11) is 0. The lowest BCUT2D eigenvalue weighted by atomic mass is 10.1. The summed E-state index contributed by atoms with van der Waals surface area (Å²) < 4.78 is 1.73. The number of nitrogens with two attached hydrogens (primary N) is 1. The number of amides is 2. The number of likely N-dealkylation sites (tertiary alicyclic amines) is 1. The summed E-state index contributed by atoms with van der Waals surface area (Å²) in [6, 6.07) is 10.9. The maximum Gasteiger partial charge on any atom is 0.278 e. The van der Waals surface area contributed by atoms with Crippen LogP contribution in [0.4, 0.5) is 17.3 Å². The van der Waals surface area contributed by atoms with Gasteiger partial charge in [-0.25, -0.2) is 9.97 Å². The number of aliphatic hydroxyl groups is 1. The fraction of sp³-hybridized carbons (Fsp3) is 0.333. The van der Waals surface area contributed by atoms with E-state index in [1.54, 1.807) is 14.5 Å². The Balaban J connectivity index is 1.48. The third-order valence-electron chi connectivity index (χ3n) is 6.47. The fourth-order valence-corrected chi connectivity index (χ4v) is 4.65. The second kappa shape index (κ2) is 8.91. The quantitative estimate of drug-likeness (QED) is 0.433. The minimum Gasteiger partial charge on any atom is -0.391 e. The Labute approximate surface area is 202 Å². The molecule has 1 unspecified atom stereocenters. The van der Waals surface area contributed by atoms with Gasteiger partial charge in [0.05, 0.1) is 12.1 Å². The number of anilines is 3. The molecule has 11 nitrogen and oxygen atoms in total. The van der Waals surface area contributed by atoms with Gasteiger partial charge in [0.2, 0.25) is 0 Å². The highest BCUT2D eigenvalue weighted by Crippen LogP contribution is 2.29. The van der Waals surface area contributed by atoms with Gasteiger partial charge in [-0.2, -0.15) is 0 Å². The van der Waals surface area contributed by atoms with Crippen molar-refractivity contribution < 1.29 is 14.7 Å². The Kier molecular flexibility index (Phi) is 5.77. The largest absolute Gasteiger partial charge is 0.391 e. The summed E-state index contributed by atoms with van der Waals surface area (Å²) in [5.41, 5.74) is 11.8. The zero-order chi connectivity index (χ0) is 24.7. The van der Waals surface area contributed by atoms with E-state index in [1.165, 1.54) is 6.33 Å². The van der Waals surface area contributed by atoms with Gasteiger partial charge < -0.3 is 26.5 Å². The van der Waals surface area contributed by atoms with Crippen LogP contribution in [-0.2, 0) is 0 Å². The van der Waals surface area contributed by atoms with Gasteiger partial charge >= 0.3 is 0 Å². The third kappa shape index (κ3) is 4.03. The van der Waals surface area contributed by atoms with E-state index in [-0.39, 0.29) is 35.6 Å². The maximum atomic E-state index is 13.6. The first-order chi connectivity index (χ1) is 16.8. The summed E-state index contributed by atoms with van der Waals surface area (Å²) >= 11 is 0. The van der Waals surface area contributed by atoms with Crippen LogP contribution in [0, 0.1) is 6.92 Å². The lowest BCUT2D eigenvalue weighted by molar-refractivity contribution is 0.0765. The first-order valence-electron chi connectivity index (χ1n) is 11.5. The SMILES string of the molecule is Cc1ccn2c1C(=O)N(c1ccccc1)C([C@@H](C)Nc1ncnc(N)c1C(=O)N1CC[C@H](O)C1)N2. The number of aromatic nitrogens is 3. The van der Waals surface area contributed by atoms with Crippen molar-refractivity contribution in [2.24, 2.45) is 0 Å².